The molecule has 1 saturated heterocycles. The number of carbonyl (C=O) groups excluding carboxylic acids is 2. The number of urea groups is 1. The summed E-state index contributed by atoms with van der Waals surface area (Å²) in [5, 5.41) is 4.72. The van der Waals surface area contributed by atoms with Gasteiger partial charge in [0.2, 0.25) is 0 Å². The molecular weight excluding hydrogens is 284 g/mol. The Kier molecular flexibility index (Phi) is 3.29. The first-order valence-corrected chi connectivity index (χ1v) is 7.62. The van der Waals surface area contributed by atoms with E-state index >= 15 is 0 Å². The number of hydrogen-bond acceptors (Lipinski definition) is 3. The third-order valence-electron chi connectivity index (χ3n) is 3.75. The van der Waals surface area contributed by atoms with Crippen LogP contribution in [0.5, 0.6) is 0 Å². The van der Waals surface area contributed by atoms with Crippen molar-refractivity contribution in [1.82, 2.24) is 10.2 Å². The lowest BCUT2D eigenvalue weighted by atomic mass is 10.0. The molecule has 0 aliphatic carbocycles. The molecule has 1 aliphatic rings. The van der Waals surface area contributed by atoms with E-state index in [1.54, 1.807) is 6.92 Å². The first-order valence-electron chi connectivity index (χ1n) is 6.74. The fourth-order valence-electron chi connectivity index (χ4n) is 2.45. The Morgan fingerprint density at radius 1 is 1.19 bits per heavy atom. The second-order valence-electron chi connectivity index (χ2n) is 5.41. The maximum atomic E-state index is 12.7. The second kappa shape index (κ2) is 5.00. The van der Waals surface area contributed by atoms with Gasteiger partial charge in [-0.1, -0.05) is 35.9 Å². The predicted octanol–water partition coefficient (Wildman–Crippen LogP) is 3.02. The molecule has 3 rings (SSSR count). The van der Waals surface area contributed by atoms with Crippen molar-refractivity contribution in [1.29, 1.82) is 0 Å². The van der Waals surface area contributed by atoms with Crippen molar-refractivity contribution in [3.05, 3.63) is 57.8 Å². The summed E-state index contributed by atoms with van der Waals surface area (Å²) in [4.78, 5) is 27.0. The van der Waals surface area contributed by atoms with Crippen LogP contribution in [0.15, 0.2) is 41.8 Å². The van der Waals surface area contributed by atoms with E-state index in [1.807, 2.05) is 48.7 Å². The largest absolute Gasteiger partial charge is 0.325 e. The fraction of sp³-hybridized carbons (Fsp3) is 0.250. The van der Waals surface area contributed by atoms with Crippen molar-refractivity contribution in [2.24, 2.45) is 0 Å². The molecule has 0 radical (unpaired) electrons. The smallest absolute Gasteiger partial charge is 0.319 e. The molecule has 1 aromatic heterocycles. The van der Waals surface area contributed by atoms with E-state index in [1.165, 1.54) is 16.2 Å². The molecule has 0 spiro atoms. The molecule has 108 valence electrons. The van der Waals surface area contributed by atoms with Crippen LogP contribution >= 0.6 is 11.3 Å². The molecule has 0 saturated carbocycles. The third kappa shape index (κ3) is 2.34. The zero-order valence-electron chi connectivity index (χ0n) is 11.9. The van der Waals surface area contributed by atoms with Crippen LogP contribution in [0.4, 0.5) is 4.79 Å². The highest BCUT2D eigenvalue weighted by atomic mass is 32.1. The Morgan fingerprint density at radius 3 is 2.52 bits per heavy atom. The monoisotopic (exact) mass is 300 g/mol. The summed E-state index contributed by atoms with van der Waals surface area (Å²) < 4.78 is 0. The quantitative estimate of drug-likeness (QED) is 0.886. The Bertz CT molecular complexity index is 679. The minimum atomic E-state index is -0.948. The maximum Gasteiger partial charge on any atom is 0.325 e. The van der Waals surface area contributed by atoms with E-state index in [4.69, 9.17) is 0 Å². The summed E-state index contributed by atoms with van der Waals surface area (Å²) in [6, 6.07) is 11.3. The van der Waals surface area contributed by atoms with E-state index < -0.39 is 5.54 Å². The van der Waals surface area contributed by atoms with Crippen LogP contribution in [0.3, 0.4) is 0 Å². The molecule has 2 heterocycles. The summed E-state index contributed by atoms with van der Waals surface area (Å²) >= 11 is 1.47. The normalized spacial score (nSPS) is 21.7. The standard InChI is InChI=1S/C16H16N2O2S/c1-11-5-7-12(8-6-11)10-18-14(19)16(2,17-15(18)20)13-4-3-9-21-13/h3-9H,10H2,1-2H3,(H,17,20)/t16-/m1/s1. The van der Waals surface area contributed by atoms with Gasteiger partial charge in [-0.2, -0.15) is 0 Å². The predicted molar refractivity (Wildman–Crippen MR) is 81.9 cm³/mol. The molecule has 1 fully saturated rings. The van der Waals surface area contributed by atoms with Crippen molar-refractivity contribution in [2.45, 2.75) is 25.9 Å². The van der Waals surface area contributed by atoms with Crippen molar-refractivity contribution < 1.29 is 9.59 Å². The van der Waals surface area contributed by atoms with Crippen LogP contribution in [0.2, 0.25) is 0 Å². The van der Waals surface area contributed by atoms with Crippen molar-refractivity contribution >= 4 is 23.3 Å². The molecule has 21 heavy (non-hydrogen) atoms. The molecule has 1 aliphatic heterocycles. The average molecular weight is 300 g/mol. The number of nitrogens with zero attached hydrogens (tertiary/aromatic N) is 1. The SMILES string of the molecule is Cc1ccc(CN2C(=O)N[C@](C)(c3cccs3)C2=O)cc1. The minimum Gasteiger partial charge on any atom is -0.319 e. The van der Waals surface area contributed by atoms with Gasteiger partial charge in [-0.3, -0.25) is 9.69 Å². The van der Waals surface area contributed by atoms with E-state index in [2.05, 4.69) is 5.32 Å². The van der Waals surface area contributed by atoms with Crippen LogP contribution in [0, 0.1) is 6.92 Å². The van der Waals surface area contributed by atoms with Gasteiger partial charge in [0, 0.05) is 4.88 Å². The number of benzene rings is 1. The first kappa shape index (κ1) is 13.8. The number of rotatable bonds is 3. The van der Waals surface area contributed by atoms with Crippen molar-refractivity contribution in [3.63, 3.8) is 0 Å². The van der Waals surface area contributed by atoms with Gasteiger partial charge in [0.05, 0.1) is 6.54 Å². The number of carbonyl (C=O) groups is 2. The minimum absolute atomic E-state index is 0.199. The van der Waals surface area contributed by atoms with Crippen LogP contribution in [-0.2, 0) is 16.9 Å². The highest BCUT2D eigenvalue weighted by Gasteiger charge is 2.49. The Labute approximate surface area is 127 Å². The Hall–Kier alpha value is -2.14. The van der Waals surface area contributed by atoms with Gasteiger partial charge in [0.25, 0.3) is 5.91 Å². The lowest BCUT2D eigenvalue weighted by molar-refractivity contribution is -0.131. The average Bonchev–Trinajstić information content (AvgIpc) is 3.06. The molecule has 3 amide bonds. The molecular formula is C16H16N2O2S. The second-order valence-corrected chi connectivity index (χ2v) is 6.36. The summed E-state index contributed by atoms with van der Waals surface area (Å²) in [6.45, 7) is 4.06. The number of hydrogen-bond donors (Lipinski definition) is 1. The lowest BCUT2D eigenvalue weighted by Crippen LogP contribution is -2.40. The molecule has 1 N–H and O–H groups in total. The number of thiophene rings is 1. The zero-order valence-corrected chi connectivity index (χ0v) is 12.7. The maximum absolute atomic E-state index is 12.7. The summed E-state index contributed by atoms with van der Waals surface area (Å²) in [7, 11) is 0. The summed E-state index contributed by atoms with van der Waals surface area (Å²) in [5.74, 6) is -0.199. The third-order valence-corrected chi connectivity index (χ3v) is 4.84. The highest BCUT2D eigenvalue weighted by Crippen LogP contribution is 2.32. The molecule has 0 bridgehead atoms. The van der Waals surface area contributed by atoms with Crippen LogP contribution in [0.1, 0.15) is 22.9 Å². The Balaban J connectivity index is 1.86. The van der Waals surface area contributed by atoms with Gasteiger partial charge in [0.15, 0.2) is 5.54 Å². The van der Waals surface area contributed by atoms with E-state index in [9.17, 15) is 9.59 Å². The fourth-order valence-corrected chi connectivity index (χ4v) is 3.28. The Morgan fingerprint density at radius 2 is 1.90 bits per heavy atom. The van der Waals surface area contributed by atoms with E-state index in [0.29, 0.717) is 6.54 Å². The molecule has 1 aromatic carbocycles. The lowest BCUT2D eigenvalue weighted by Gasteiger charge is -2.20. The van der Waals surface area contributed by atoms with Crippen LogP contribution < -0.4 is 5.32 Å². The zero-order chi connectivity index (χ0) is 15.0. The van der Waals surface area contributed by atoms with Gasteiger partial charge in [-0.15, -0.1) is 11.3 Å². The van der Waals surface area contributed by atoms with Crippen molar-refractivity contribution in [2.75, 3.05) is 0 Å². The number of amides is 3. The summed E-state index contributed by atoms with van der Waals surface area (Å²) in [6.07, 6.45) is 0. The first-order chi connectivity index (χ1) is 10.0. The highest BCUT2D eigenvalue weighted by molar-refractivity contribution is 7.10. The van der Waals surface area contributed by atoms with Crippen LogP contribution in [-0.4, -0.2) is 16.8 Å². The number of imide groups is 1. The molecule has 5 heteroatoms. The van der Waals surface area contributed by atoms with Gasteiger partial charge < -0.3 is 5.32 Å². The molecule has 0 unspecified atom stereocenters. The number of nitrogens with one attached hydrogen (secondary N) is 1. The van der Waals surface area contributed by atoms with Gasteiger partial charge in [0.1, 0.15) is 0 Å². The topological polar surface area (TPSA) is 49.4 Å². The van der Waals surface area contributed by atoms with Crippen molar-refractivity contribution in [3.8, 4) is 0 Å². The van der Waals surface area contributed by atoms with Crippen LogP contribution in [0.25, 0.3) is 0 Å². The van der Waals surface area contributed by atoms with Gasteiger partial charge in [-0.05, 0) is 30.9 Å². The van der Waals surface area contributed by atoms with E-state index in [0.717, 1.165) is 16.0 Å². The number of aryl methyl sites for hydroxylation is 1. The molecule has 1 atom stereocenters. The molecule has 2 aromatic rings. The summed E-state index contributed by atoms with van der Waals surface area (Å²) in [5.41, 5.74) is 1.15. The molecule has 4 nitrogen and oxygen atoms in total. The van der Waals surface area contributed by atoms with Gasteiger partial charge >= 0.3 is 6.03 Å². The van der Waals surface area contributed by atoms with Gasteiger partial charge in [-0.25, -0.2) is 4.79 Å². The van der Waals surface area contributed by atoms with E-state index in [-0.39, 0.29) is 11.9 Å².